The Bertz CT molecular complexity index is 999. The summed E-state index contributed by atoms with van der Waals surface area (Å²) >= 11 is 6.38. The molecule has 0 bridgehead atoms. The fourth-order valence-electron chi connectivity index (χ4n) is 4.67. The highest BCUT2D eigenvalue weighted by molar-refractivity contribution is 6.34. The van der Waals surface area contributed by atoms with Crippen LogP contribution in [-0.4, -0.2) is 29.4 Å². The number of rotatable bonds is 3. The molecule has 2 N–H and O–H groups in total. The highest BCUT2D eigenvalue weighted by Crippen LogP contribution is 2.36. The minimum absolute atomic E-state index is 0.0778. The van der Waals surface area contributed by atoms with E-state index >= 15 is 0 Å². The number of fused-ring (bicyclic) bond motifs is 1. The fourth-order valence-corrected chi connectivity index (χ4v) is 4.93. The van der Waals surface area contributed by atoms with Crippen molar-refractivity contribution in [2.45, 2.75) is 44.6 Å². The summed E-state index contributed by atoms with van der Waals surface area (Å²) in [5, 5.41) is 5.10. The number of piperidine rings is 1. The van der Waals surface area contributed by atoms with Gasteiger partial charge in [-0.2, -0.15) is 0 Å². The first-order valence-corrected chi connectivity index (χ1v) is 10.9. The van der Waals surface area contributed by atoms with Gasteiger partial charge in [-0.15, -0.1) is 0 Å². The van der Waals surface area contributed by atoms with Gasteiger partial charge in [-0.25, -0.2) is 13.6 Å². The van der Waals surface area contributed by atoms with E-state index in [9.17, 15) is 18.4 Å². The summed E-state index contributed by atoms with van der Waals surface area (Å²) in [6.45, 7) is 0.738. The third kappa shape index (κ3) is 4.82. The monoisotopic (exact) mass is 447 g/mol. The van der Waals surface area contributed by atoms with Gasteiger partial charge in [0.15, 0.2) is 0 Å². The van der Waals surface area contributed by atoms with Crippen molar-refractivity contribution in [2.75, 3.05) is 17.2 Å². The maximum Gasteiger partial charge on any atom is 0.323 e. The third-order valence-electron chi connectivity index (χ3n) is 6.14. The van der Waals surface area contributed by atoms with Crippen LogP contribution >= 0.6 is 11.6 Å². The van der Waals surface area contributed by atoms with Gasteiger partial charge in [0.2, 0.25) is 0 Å². The zero-order valence-electron chi connectivity index (χ0n) is 17.0. The lowest BCUT2D eigenvalue weighted by molar-refractivity contribution is 0.0391. The molecule has 8 heteroatoms. The van der Waals surface area contributed by atoms with Crippen LogP contribution in [0.5, 0.6) is 0 Å². The Morgan fingerprint density at radius 2 is 1.74 bits per heavy atom. The number of urea groups is 1. The number of carbonyl (C=O) groups is 2. The zero-order chi connectivity index (χ0) is 22.0. The van der Waals surface area contributed by atoms with Crippen LogP contribution in [-0.2, 0) is 0 Å². The Hall–Kier alpha value is -2.67. The molecule has 1 saturated heterocycles. The first-order valence-electron chi connectivity index (χ1n) is 10.6. The van der Waals surface area contributed by atoms with Gasteiger partial charge in [-0.1, -0.05) is 24.4 Å². The molecule has 31 heavy (non-hydrogen) atoms. The molecule has 3 amide bonds. The number of hydrogen-bond acceptors (Lipinski definition) is 2. The van der Waals surface area contributed by atoms with Crippen molar-refractivity contribution >= 4 is 34.9 Å². The molecule has 164 valence electrons. The second kappa shape index (κ2) is 9.22. The highest BCUT2D eigenvalue weighted by atomic mass is 35.5. The van der Waals surface area contributed by atoms with Crippen LogP contribution in [0.1, 0.15) is 48.9 Å². The number of hydrogen-bond donors (Lipinski definition) is 2. The topological polar surface area (TPSA) is 61.4 Å². The van der Waals surface area contributed by atoms with E-state index in [0.29, 0.717) is 23.2 Å². The molecule has 0 radical (unpaired) electrons. The van der Waals surface area contributed by atoms with E-state index in [4.69, 9.17) is 11.6 Å². The predicted octanol–water partition coefficient (Wildman–Crippen LogP) is 6.06. The van der Waals surface area contributed by atoms with Gasteiger partial charge in [0.05, 0.1) is 16.3 Å². The molecule has 5 nitrogen and oxygen atoms in total. The number of halogens is 3. The maximum absolute atomic E-state index is 13.7. The summed E-state index contributed by atoms with van der Waals surface area (Å²) in [5.74, 6) is -1.12. The summed E-state index contributed by atoms with van der Waals surface area (Å²) in [6, 6.07) is 7.13. The van der Waals surface area contributed by atoms with E-state index < -0.39 is 17.7 Å². The van der Waals surface area contributed by atoms with Gasteiger partial charge in [-0.05, 0) is 61.9 Å². The van der Waals surface area contributed by atoms with Crippen LogP contribution in [0, 0.1) is 17.6 Å². The van der Waals surface area contributed by atoms with E-state index in [-0.39, 0.29) is 22.7 Å². The quantitative estimate of drug-likeness (QED) is 0.601. The smallest absolute Gasteiger partial charge is 0.323 e. The molecule has 4 rings (SSSR count). The van der Waals surface area contributed by atoms with E-state index in [1.165, 1.54) is 25.3 Å². The number of nitrogens with zero attached hydrogens (tertiary/aromatic N) is 1. The summed E-state index contributed by atoms with van der Waals surface area (Å²) in [4.78, 5) is 27.3. The molecule has 2 atom stereocenters. The Balaban J connectivity index is 1.44. The largest absolute Gasteiger partial charge is 0.335 e. The summed E-state index contributed by atoms with van der Waals surface area (Å²) < 4.78 is 26.7. The van der Waals surface area contributed by atoms with Crippen molar-refractivity contribution in [1.29, 1.82) is 0 Å². The molecule has 1 saturated carbocycles. The minimum Gasteiger partial charge on any atom is -0.335 e. The van der Waals surface area contributed by atoms with Crippen molar-refractivity contribution in [3.8, 4) is 0 Å². The number of anilines is 2. The second-order valence-corrected chi connectivity index (χ2v) is 8.56. The lowest BCUT2D eigenvalue weighted by Crippen LogP contribution is -2.49. The molecule has 1 aliphatic heterocycles. The lowest BCUT2D eigenvalue weighted by Gasteiger charge is -2.44. The van der Waals surface area contributed by atoms with E-state index in [1.54, 1.807) is 12.1 Å². The number of carbonyl (C=O) groups excluding carboxylic acids is 2. The highest BCUT2D eigenvalue weighted by Gasteiger charge is 2.36. The minimum atomic E-state index is -0.878. The van der Waals surface area contributed by atoms with E-state index in [0.717, 1.165) is 37.9 Å². The molecular weight excluding hydrogens is 424 g/mol. The molecule has 1 heterocycles. The van der Waals surface area contributed by atoms with Crippen LogP contribution in [0.4, 0.5) is 25.0 Å². The zero-order valence-corrected chi connectivity index (χ0v) is 17.7. The lowest BCUT2D eigenvalue weighted by atomic mass is 9.78. The summed E-state index contributed by atoms with van der Waals surface area (Å²) in [5.41, 5.74) is 0.614. The van der Waals surface area contributed by atoms with Crippen molar-refractivity contribution in [1.82, 2.24) is 4.90 Å². The van der Waals surface area contributed by atoms with Gasteiger partial charge < -0.3 is 15.5 Å². The molecule has 2 aromatic rings. The fraction of sp³-hybridized carbons (Fsp3) is 0.391. The molecular formula is C23H24ClF2N3O2. The average molecular weight is 448 g/mol. The first-order chi connectivity index (χ1) is 14.9. The average Bonchev–Trinajstić information content (AvgIpc) is 2.75. The van der Waals surface area contributed by atoms with Crippen molar-refractivity contribution in [3.63, 3.8) is 0 Å². The Morgan fingerprint density at radius 1 is 0.968 bits per heavy atom. The Labute approximate surface area is 184 Å². The second-order valence-electron chi connectivity index (χ2n) is 8.15. The molecule has 2 fully saturated rings. The standard InChI is InChI=1S/C23H24ClF2N3O2/c24-18-13-16(27-23(31)28-20-10-7-15(25)12-19(20)26)8-9-17(18)22(30)29-11-3-5-14-4-1-2-6-21(14)29/h7-10,12-14,21H,1-6,11H2,(H2,27,28,31)/t14-,21-/m1/s1. The maximum atomic E-state index is 13.7. The van der Waals surface area contributed by atoms with Crippen LogP contribution < -0.4 is 10.6 Å². The molecule has 2 aliphatic rings. The molecule has 0 unspecified atom stereocenters. The van der Waals surface area contributed by atoms with Crippen LogP contribution in [0.15, 0.2) is 36.4 Å². The van der Waals surface area contributed by atoms with Crippen LogP contribution in [0.2, 0.25) is 5.02 Å². The van der Waals surface area contributed by atoms with Gasteiger partial charge in [0.1, 0.15) is 11.6 Å². The third-order valence-corrected chi connectivity index (χ3v) is 6.45. The van der Waals surface area contributed by atoms with Crippen LogP contribution in [0.25, 0.3) is 0 Å². The summed E-state index contributed by atoms with van der Waals surface area (Å²) in [7, 11) is 0. The Morgan fingerprint density at radius 3 is 2.52 bits per heavy atom. The van der Waals surface area contributed by atoms with Crippen molar-refractivity contribution in [3.05, 3.63) is 58.6 Å². The summed E-state index contributed by atoms with van der Waals surface area (Å²) in [6.07, 6.45) is 6.77. The number of likely N-dealkylation sites (tertiary alicyclic amines) is 1. The number of amides is 3. The normalized spacial score (nSPS) is 20.7. The SMILES string of the molecule is O=C(Nc1ccc(C(=O)N2CCC[C@H]3CCCC[C@H]32)c(Cl)c1)Nc1ccc(F)cc1F. The van der Waals surface area contributed by atoms with Crippen molar-refractivity contribution < 1.29 is 18.4 Å². The molecule has 2 aromatic carbocycles. The first kappa shape index (κ1) is 21.6. The van der Waals surface area contributed by atoms with Crippen molar-refractivity contribution in [2.24, 2.45) is 5.92 Å². The number of nitrogens with one attached hydrogen (secondary N) is 2. The Kier molecular flexibility index (Phi) is 6.41. The molecule has 0 spiro atoms. The van der Waals surface area contributed by atoms with Gasteiger partial charge in [0, 0.05) is 24.3 Å². The van der Waals surface area contributed by atoms with E-state index in [1.807, 2.05) is 4.90 Å². The van der Waals surface area contributed by atoms with Gasteiger partial charge in [-0.3, -0.25) is 4.79 Å². The van der Waals surface area contributed by atoms with Gasteiger partial charge >= 0.3 is 6.03 Å². The van der Waals surface area contributed by atoms with Crippen LogP contribution in [0.3, 0.4) is 0 Å². The van der Waals surface area contributed by atoms with Gasteiger partial charge in [0.25, 0.3) is 5.91 Å². The molecule has 0 aromatic heterocycles. The molecule has 1 aliphatic carbocycles. The predicted molar refractivity (Wildman–Crippen MR) is 116 cm³/mol. The number of benzene rings is 2. The van der Waals surface area contributed by atoms with E-state index in [2.05, 4.69) is 10.6 Å².